The fourth-order valence-electron chi connectivity index (χ4n) is 2.05. The lowest BCUT2D eigenvalue weighted by Crippen LogP contribution is -2.09. The van der Waals surface area contributed by atoms with Crippen molar-refractivity contribution < 1.29 is 5.11 Å². The molecule has 1 aromatic heterocycles. The highest BCUT2D eigenvalue weighted by molar-refractivity contribution is 5.33. The van der Waals surface area contributed by atoms with Gasteiger partial charge in [0.2, 0.25) is 0 Å². The molecule has 0 fully saturated rings. The summed E-state index contributed by atoms with van der Waals surface area (Å²) in [7, 11) is 0. The first-order valence-corrected chi connectivity index (χ1v) is 4.94. The van der Waals surface area contributed by atoms with Gasteiger partial charge in [-0.3, -0.25) is 4.98 Å². The molecule has 0 spiro atoms. The number of nitrogens with zero attached hydrogens (tertiary/aromatic N) is 1. The van der Waals surface area contributed by atoms with Gasteiger partial charge < -0.3 is 5.11 Å². The van der Waals surface area contributed by atoms with Crippen LogP contribution in [-0.2, 0) is 12.8 Å². The molecular formula is C11H15NO. The van der Waals surface area contributed by atoms with Gasteiger partial charge >= 0.3 is 0 Å². The van der Waals surface area contributed by atoms with Gasteiger partial charge in [-0.1, -0.05) is 0 Å². The highest BCUT2D eigenvalue weighted by atomic mass is 16.3. The van der Waals surface area contributed by atoms with Crippen LogP contribution in [0.15, 0.2) is 12.3 Å². The van der Waals surface area contributed by atoms with Gasteiger partial charge in [-0.15, -0.1) is 0 Å². The van der Waals surface area contributed by atoms with E-state index in [0.717, 1.165) is 18.5 Å². The second-order valence-corrected chi connectivity index (χ2v) is 3.72. The Labute approximate surface area is 78.6 Å². The third kappa shape index (κ3) is 1.59. The monoisotopic (exact) mass is 177 g/mol. The molecule has 70 valence electrons. The second kappa shape index (κ2) is 3.46. The third-order valence-corrected chi connectivity index (χ3v) is 2.70. The van der Waals surface area contributed by atoms with Crippen molar-refractivity contribution in [2.75, 3.05) is 0 Å². The van der Waals surface area contributed by atoms with Gasteiger partial charge in [-0.25, -0.2) is 0 Å². The molecule has 1 atom stereocenters. The van der Waals surface area contributed by atoms with E-state index >= 15 is 0 Å². The Balaban J connectivity index is 2.46. The van der Waals surface area contributed by atoms with Crippen LogP contribution in [0.3, 0.4) is 0 Å². The van der Waals surface area contributed by atoms with Crippen molar-refractivity contribution in [1.29, 1.82) is 0 Å². The molecule has 0 saturated heterocycles. The number of aryl methyl sites for hydroxylation is 1. The predicted molar refractivity (Wildman–Crippen MR) is 51.5 cm³/mol. The van der Waals surface area contributed by atoms with E-state index in [1.807, 2.05) is 6.20 Å². The van der Waals surface area contributed by atoms with Gasteiger partial charge in [-0.05, 0) is 49.8 Å². The summed E-state index contributed by atoms with van der Waals surface area (Å²) in [5.41, 5.74) is 3.57. The van der Waals surface area contributed by atoms with Crippen LogP contribution in [-0.4, -0.2) is 10.1 Å². The summed E-state index contributed by atoms with van der Waals surface area (Å²) in [5, 5.41) is 9.52. The largest absolute Gasteiger partial charge is 0.387 e. The Morgan fingerprint density at radius 3 is 2.92 bits per heavy atom. The molecule has 1 heterocycles. The van der Waals surface area contributed by atoms with Gasteiger partial charge in [0.05, 0.1) is 11.8 Å². The van der Waals surface area contributed by atoms with Crippen molar-refractivity contribution in [2.45, 2.75) is 38.7 Å². The molecule has 0 aromatic carbocycles. The summed E-state index contributed by atoms with van der Waals surface area (Å²) in [6, 6.07) is 2.08. The van der Waals surface area contributed by atoms with Crippen LogP contribution < -0.4 is 0 Å². The van der Waals surface area contributed by atoms with Crippen LogP contribution in [0.1, 0.15) is 42.7 Å². The lowest BCUT2D eigenvalue weighted by molar-refractivity contribution is 0.192. The summed E-state index contributed by atoms with van der Waals surface area (Å²) in [6.07, 6.45) is 6.13. The second-order valence-electron chi connectivity index (χ2n) is 3.72. The fourth-order valence-corrected chi connectivity index (χ4v) is 2.05. The smallest absolute Gasteiger partial charge is 0.0934 e. The molecule has 0 aliphatic heterocycles. The minimum Gasteiger partial charge on any atom is -0.387 e. The van der Waals surface area contributed by atoms with Gasteiger partial charge in [-0.2, -0.15) is 0 Å². The number of hydrogen-bond acceptors (Lipinski definition) is 2. The van der Waals surface area contributed by atoms with Gasteiger partial charge in [0.1, 0.15) is 0 Å². The van der Waals surface area contributed by atoms with Gasteiger partial charge in [0, 0.05) is 6.20 Å². The van der Waals surface area contributed by atoms with Crippen molar-refractivity contribution in [3.63, 3.8) is 0 Å². The summed E-state index contributed by atoms with van der Waals surface area (Å²) in [6.45, 7) is 1.79. The number of aromatic nitrogens is 1. The number of fused-ring (bicyclic) bond motifs is 1. The summed E-state index contributed by atoms with van der Waals surface area (Å²) < 4.78 is 0. The Kier molecular flexibility index (Phi) is 2.32. The fraction of sp³-hybridized carbons (Fsp3) is 0.545. The molecule has 1 N–H and O–H groups in total. The van der Waals surface area contributed by atoms with Crippen molar-refractivity contribution in [3.8, 4) is 0 Å². The number of hydrogen-bond donors (Lipinski definition) is 1. The van der Waals surface area contributed by atoms with E-state index in [-0.39, 0.29) is 0 Å². The molecule has 2 rings (SSSR count). The molecule has 1 aliphatic carbocycles. The molecule has 1 aromatic rings. The van der Waals surface area contributed by atoms with Crippen LogP contribution in [0.2, 0.25) is 0 Å². The number of pyridine rings is 1. The van der Waals surface area contributed by atoms with Crippen molar-refractivity contribution in [2.24, 2.45) is 0 Å². The normalized spacial score (nSPS) is 18.0. The Morgan fingerprint density at radius 2 is 2.15 bits per heavy atom. The maximum absolute atomic E-state index is 9.52. The van der Waals surface area contributed by atoms with Gasteiger partial charge in [0.15, 0.2) is 0 Å². The van der Waals surface area contributed by atoms with E-state index in [2.05, 4.69) is 11.1 Å². The lowest BCUT2D eigenvalue weighted by Gasteiger charge is -2.19. The lowest BCUT2D eigenvalue weighted by atomic mass is 9.90. The van der Waals surface area contributed by atoms with Crippen LogP contribution >= 0.6 is 0 Å². The standard InChI is InChI=1S/C11H15NO/c1-8(13)11-10-5-3-2-4-9(10)6-7-12-11/h6-8,13H,2-5H2,1H3. The van der Waals surface area contributed by atoms with E-state index in [1.54, 1.807) is 6.92 Å². The SMILES string of the molecule is CC(O)c1nccc2c1CCCC2. The maximum atomic E-state index is 9.52. The number of rotatable bonds is 1. The number of aliphatic hydroxyl groups excluding tert-OH is 1. The topological polar surface area (TPSA) is 33.1 Å². The first-order chi connectivity index (χ1) is 6.29. The van der Waals surface area contributed by atoms with Crippen LogP contribution in [0.4, 0.5) is 0 Å². The van der Waals surface area contributed by atoms with E-state index < -0.39 is 6.10 Å². The summed E-state index contributed by atoms with van der Waals surface area (Å²) >= 11 is 0. The average Bonchev–Trinajstić information content (AvgIpc) is 2.17. The Hall–Kier alpha value is -0.890. The van der Waals surface area contributed by atoms with E-state index in [4.69, 9.17) is 0 Å². The first-order valence-electron chi connectivity index (χ1n) is 4.94. The molecule has 0 amide bonds. The quantitative estimate of drug-likeness (QED) is 0.711. The average molecular weight is 177 g/mol. The van der Waals surface area contributed by atoms with Crippen molar-refractivity contribution in [1.82, 2.24) is 4.98 Å². The highest BCUT2D eigenvalue weighted by Gasteiger charge is 2.16. The zero-order valence-electron chi connectivity index (χ0n) is 7.95. The predicted octanol–water partition coefficient (Wildman–Crippen LogP) is 2.01. The first kappa shape index (κ1) is 8.70. The molecule has 2 nitrogen and oxygen atoms in total. The third-order valence-electron chi connectivity index (χ3n) is 2.70. The molecule has 13 heavy (non-hydrogen) atoms. The maximum Gasteiger partial charge on any atom is 0.0934 e. The minimum absolute atomic E-state index is 0.423. The van der Waals surface area contributed by atoms with Crippen LogP contribution in [0, 0.1) is 0 Å². The molecule has 0 bridgehead atoms. The number of aliphatic hydroxyl groups is 1. The Morgan fingerprint density at radius 1 is 1.38 bits per heavy atom. The molecule has 0 radical (unpaired) electrons. The van der Waals surface area contributed by atoms with Crippen LogP contribution in [0.25, 0.3) is 0 Å². The Bertz CT molecular complexity index is 307. The van der Waals surface area contributed by atoms with Crippen LogP contribution in [0.5, 0.6) is 0 Å². The van der Waals surface area contributed by atoms with Gasteiger partial charge in [0.25, 0.3) is 0 Å². The summed E-state index contributed by atoms with van der Waals surface area (Å²) in [4.78, 5) is 4.24. The molecule has 2 heteroatoms. The van der Waals surface area contributed by atoms with Crippen molar-refractivity contribution >= 4 is 0 Å². The van der Waals surface area contributed by atoms with E-state index in [1.165, 1.54) is 24.0 Å². The van der Waals surface area contributed by atoms with E-state index in [9.17, 15) is 5.11 Å². The zero-order valence-corrected chi connectivity index (χ0v) is 7.95. The molecule has 1 aliphatic rings. The zero-order chi connectivity index (χ0) is 9.26. The molecular weight excluding hydrogens is 162 g/mol. The van der Waals surface area contributed by atoms with E-state index in [0.29, 0.717) is 0 Å². The molecule has 1 unspecified atom stereocenters. The highest BCUT2D eigenvalue weighted by Crippen LogP contribution is 2.26. The molecule has 0 saturated carbocycles. The summed E-state index contributed by atoms with van der Waals surface area (Å²) in [5.74, 6) is 0. The minimum atomic E-state index is -0.423. The van der Waals surface area contributed by atoms with Crippen molar-refractivity contribution in [3.05, 3.63) is 29.1 Å².